The van der Waals surface area contributed by atoms with Crippen LogP contribution in [0, 0.1) is 24.2 Å². The van der Waals surface area contributed by atoms with E-state index >= 15 is 0 Å². The van der Waals surface area contributed by atoms with Crippen molar-refractivity contribution in [1.29, 1.82) is 0 Å². The molecule has 4 atom stereocenters. The second kappa shape index (κ2) is 5.26. The summed E-state index contributed by atoms with van der Waals surface area (Å²) in [5, 5.41) is 10.4. The number of benzene rings is 1. The van der Waals surface area contributed by atoms with Gasteiger partial charge < -0.3 is 5.11 Å². The van der Waals surface area contributed by atoms with Crippen LogP contribution in [0.25, 0.3) is 0 Å². The second-order valence-corrected chi connectivity index (χ2v) is 6.65. The zero-order chi connectivity index (χ0) is 14.2. The number of terminal acetylenes is 1. The van der Waals surface area contributed by atoms with Gasteiger partial charge >= 0.3 is 0 Å². The summed E-state index contributed by atoms with van der Waals surface area (Å²) in [6.45, 7) is 2.23. The second-order valence-electron chi connectivity index (χ2n) is 6.65. The Morgan fingerprint density at radius 1 is 1.30 bits per heavy atom. The number of aliphatic hydroxyl groups is 1. The number of hydrogen-bond acceptors (Lipinski definition) is 1. The summed E-state index contributed by atoms with van der Waals surface area (Å²) in [5.41, 5.74) is 2.07. The van der Waals surface area contributed by atoms with Crippen molar-refractivity contribution in [2.75, 3.05) is 0 Å². The normalized spacial score (nSPS) is 35.1. The van der Waals surface area contributed by atoms with E-state index in [1.165, 1.54) is 30.4 Å². The fourth-order valence-electron chi connectivity index (χ4n) is 4.20. The maximum Gasteiger partial charge on any atom is 0.128 e. The van der Waals surface area contributed by atoms with E-state index in [2.05, 4.69) is 37.1 Å². The molecule has 1 aromatic rings. The van der Waals surface area contributed by atoms with Crippen LogP contribution in [0.1, 0.15) is 56.1 Å². The van der Waals surface area contributed by atoms with Crippen molar-refractivity contribution in [2.45, 2.75) is 57.0 Å². The van der Waals surface area contributed by atoms with E-state index in [4.69, 9.17) is 6.42 Å². The lowest BCUT2D eigenvalue weighted by molar-refractivity contribution is 0.0389. The van der Waals surface area contributed by atoms with E-state index in [0.717, 1.165) is 19.3 Å². The SMILES string of the molecule is C#CC1(O)CC2CC1CC2c1ccc(CCCC)cc1. The average molecular weight is 268 g/mol. The van der Waals surface area contributed by atoms with Crippen LogP contribution in [0.15, 0.2) is 24.3 Å². The lowest BCUT2D eigenvalue weighted by Gasteiger charge is -2.32. The first kappa shape index (κ1) is 13.7. The maximum atomic E-state index is 10.4. The van der Waals surface area contributed by atoms with Gasteiger partial charge in [-0.3, -0.25) is 0 Å². The maximum absolute atomic E-state index is 10.4. The first-order valence-electron chi connectivity index (χ1n) is 7.95. The Balaban J connectivity index is 1.69. The van der Waals surface area contributed by atoms with Gasteiger partial charge in [0.05, 0.1) is 0 Å². The molecule has 4 unspecified atom stereocenters. The summed E-state index contributed by atoms with van der Waals surface area (Å²) >= 11 is 0. The quantitative estimate of drug-likeness (QED) is 0.821. The number of unbranched alkanes of at least 4 members (excludes halogenated alkanes) is 1. The molecule has 0 amide bonds. The van der Waals surface area contributed by atoms with Crippen LogP contribution in [-0.4, -0.2) is 10.7 Å². The lowest BCUT2D eigenvalue weighted by Crippen LogP contribution is -2.35. The molecule has 0 radical (unpaired) electrons. The largest absolute Gasteiger partial charge is 0.377 e. The first-order chi connectivity index (χ1) is 9.66. The zero-order valence-electron chi connectivity index (χ0n) is 12.3. The Morgan fingerprint density at radius 3 is 2.60 bits per heavy atom. The predicted molar refractivity (Wildman–Crippen MR) is 82.4 cm³/mol. The zero-order valence-corrected chi connectivity index (χ0v) is 12.3. The van der Waals surface area contributed by atoms with Gasteiger partial charge in [0, 0.05) is 0 Å². The van der Waals surface area contributed by atoms with Gasteiger partial charge in [0.15, 0.2) is 0 Å². The van der Waals surface area contributed by atoms with Crippen molar-refractivity contribution in [3.05, 3.63) is 35.4 Å². The van der Waals surface area contributed by atoms with E-state index in [9.17, 15) is 5.11 Å². The Morgan fingerprint density at radius 2 is 2.05 bits per heavy atom. The Bertz CT molecular complexity index is 510. The molecule has 1 N–H and O–H groups in total. The third-order valence-electron chi connectivity index (χ3n) is 5.42. The molecule has 2 fully saturated rings. The highest BCUT2D eigenvalue weighted by Gasteiger charge is 2.53. The molecule has 0 spiro atoms. The number of rotatable bonds is 4. The Labute approximate surface area is 122 Å². The number of hydrogen-bond donors (Lipinski definition) is 1. The molecule has 0 heterocycles. The van der Waals surface area contributed by atoms with Gasteiger partial charge in [0.25, 0.3) is 0 Å². The van der Waals surface area contributed by atoms with Crippen LogP contribution in [0.5, 0.6) is 0 Å². The Hall–Kier alpha value is -1.26. The summed E-state index contributed by atoms with van der Waals surface area (Å²) in [5.74, 6) is 4.12. The summed E-state index contributed by atoms with van der Waals surface area (Å²) in [4.78, 5) is 0. The predicted octanol–water partition coefficient (Wildman–Crippen LogP) is 3.91. The molecule has 2 saturated carbocycles. The highest BCUT2D eigenvalue weighted by Crippen LogP contribution is 2.57. The van der Waals surface area contributed by atoms with E-state index in [1.807, 2.05) is 0 Å². The number of aryl methyl sites for hydroxylation is 1. The van der Waals surface area contributed by atoms with Crippen LogP contribution < -0.4 is 0 Å². The van der Waals surface area contributed by atoms with Crippen molar-refractivity contribution in [2.24, 2.45) is 11.8 Å². The standard InChI is InChI=1S/C19H24O/c1-3-5-6-14-7-9-15(10-8-14)18-12-17-11-16(18)13-19(17,20)4-2/h2,7-10,16-18,20H,3,5-6,11-13H2,1H3. The van der Waals surface area contributed by atoms with Gasteiger partial charge in [-0.2, -0.15) is 0 Å². The van der Waals surface area contributed by atoms with E-state index in [1.54, 1.807) is 0 Å². The molecule has 1 nitrogen and oxygen atoms in total. The molecule has 20 heavy (non-hydrogen) atoms. The van der Waals surface area contributed by atoms with E-state index < -0.39 is 5.60 Å². The minimum absolute atomic E-state index is 0.308. The molecule has 0 saturated heterocycles. The molecule has 1 aromatic carbocycles. The molecular weight excluding hydrogens is 244 g/mol. The molecule has 0 aromatic heterocycles. The smallest absolute Gasteiger partial charge is 0.128 e. The molecule has 0 aliphatic heterocycles. The summed E-state index contributed by atoms with van der Waals surface area (Å²) in [6, 6.07) is 9.16. The summed E-state index contributed by atoms with van der Waals surface area (Å²) in [7, 11) is 0. The third-order valence-corrected chi connectivity index (χ3v) is 5.42. The molecule has 2 aliphatic rings. The van der Waals surface area contributed by atoms with E-state index in [0.29, 0.717) is 17.8 Å². The molecule has 2 bridgehead atoms. The van der Waals surface area contributed by atoms with Crippen molar-refractivity contribution in [3.8, 4) is 12.3 Å². The van der Waals surface area contributed by atoms with Gasteiger partial charge in [0.2, 0.25) is 0 Å². The van der Waals surface area contributed by atoms with Crippen LogP contribution in [0.2, 0.25) is 0 Å². The van der Waals surface area contributed by atoms with Gasteiger partial charge in [0.1, 0.15) is 5.60 Å². The minimum Gasteiger partial charge on any atom is -0.377 e. The van der Waals surface area contributed by atoms with Crippen molar-refractivity contribution < 1.29 is 5.11 Å². The van der Waals surface area contributed by atoms with Crippen LogP contribution in [0.3, 0.4) is 0 Å². The van der Waals surface area contributed by atoms with Crippen LogP contribution >= 0.6 is 0 Å². The fourth-order valence-corrected chi connectivity index (χ4v) is 4.20. The fraction of sp³-hybridized carbons (Fsp3) is 0.579. The van der Waals surface area contributed by atoms with Crippen LogP contribution in [0.4, 0.5) is 0 Å². The highest BCUT2D eigenvalue weighted by molar-refractivity contribution is 5.30. The van der Waals surface area contributed by atoms with E-state index in [-0.39, 0.29) is 0 Å². The molecule has 3 rings (SSSR count). The highest BCUT2D eigenvalue weighted by atomic mass is 16.3. The van der Waals surface area contributed by atoms with Crippen LogP contribution in [-0.2, 0) is 6.42 Å². The lowest BCUT2D eigenvalue weighted by atomic mass is 9.76. The van der Waals surface area contributed by atoms with Crippen molar-refractivity contribution in [1.82, 2.24) is 0 Å². The monoisotopic (exact) mass is 268 g/mol. The topological polar surface area (TPSA) is 20.2 Å². The van der Waals surface area contributed by atoms with Gasteiger partial charge in [-0.05, 0) is 61.0 Å². The van der Waals surface area contributed by atoms with Gasteiger partial charge in [-0.25, -0.2) is 0 Å². The average Bonchev–Trinajstić information content (AvgIpc) is 3.03. The molecule has 2 aliphatic carbocycles. The molecule has 106 valence electrons. The van der Waals surface area contributed by atoms with Crippen molar-refractivity contribution >= 4 is 0 Å². The van der Waals surface area contributed by atoms with Crippen molar-refractivity contribution in [3.63, 3.8) is 0 Å². The third kappa shape index (κ3) is 2.27. The summed E-state index contributed by atoms with van der Waals surface area (Å²) < 4.78 is 0. The Kier molecular flexibility index (Phi) is 3.61. The molecule has 1 heteroatoms. The van der Waals surface area contributed by atoms with Gasteiger partial charge in [-0.15, -0.1) is 6.42 Å². The number of fused-ring (bicyclic) bond motifs is 2. The van der Waals surface area contributed by atoms with Gasteiger partial charge in [-0.1, -0.05) is 43.5 Å². The summed E-state index contributed by atoms with van der Waals surface area (Å²) in [6.07, 6.45) is 12.1. The first-order valence-corrected chi connectivity index (χ1v) is 7.95. The molecular formula is C19H24O. The minimum atomic E-state index is -0.817.